The third-order valence-electron chi connectivity index (χ3n) is 8.04. The zero-order valence-corrected chi connectivity index (χ0v) is 26.3. The summed E-state index contributed by atoms with van der Waals surface area (Å²) in [7, 11) is -0.136. The Morgan fingerprint density at radius 3 is 2.33 bits per heavy atom. The Balaban J connectivity index is 1.34. The number of carbonyl (C=O) groups is 1. The largest absolute Gasteiger partial charge is 0.493 e. The van der Waals surface area contributed by atoms with Crippen molar-refractivity contribution in [2.45, 2.75) is 82.3 Å². The van der Waals surface area contributed by atoms with Crippen molar-refractivity contribution < 1.29 is 27.4 Å². The van der Waals surface area contributed by atoms with E-state index in [1.54, 1.807) is 36.7 Å². The van der Waals surface area contributed by atoms with Crippen molar-refractivity contribution in [2.24, 2.45) is 0 Å². The van der Waals surface area contributed by atoms with Crippen LogP contribution in [0.3, 0.4) is 0 Å². The molecule has 1 heterocycles. The molecule has 1 amide bonds. The van der Waals surface area contributed by atoms with E-state index >= 15 is 0 Å². The van der Waals surface area contributed by atoms with Gasteiger partial charge in [-0.25, -0.2) is 8.42 Å². The zero-order valence-electron chi connectivity index (χ0n) is 25.5. The van der Waals surface area contributed by atoms with Crippen molar-refractivity contribution in [3.8, 4) is 11.5 Å². The summed E-state index contributed by atoms with van der Waals surface area (Å²) < 4.78 is 44.7. The molecule has 2 aromatic rings. The molecule has 10 heteroatoms. The summed E-state index contributed by atoms with van der Waals surface area (Å²) in [5, 5.41) is 3.62. The van der Waals surface area contributed by atoms with Gasteiger partial charge in [0.1, 0.15) is 0 Å². The number of nitrogens with zero attached hydrogens (tertiary/aromatic N) is 2. The van der Waals surface area contributed by atoms with Crippen LogP contribution in [-0.4, -0.2) is 88.2 Å². The molecule has 0 aromatic heterocycles. The van der Waals surface area contributed by atoms with Crippen LogP contribution in [0.1, 0.15) is 68.3 Å². The number of piperidine rings is 1. The van der Waals surface area contributed by atoms with Crippen LogP contribution in [0.4, 0.5) is 0 Å². The fraction of sp³-hybridized carbons (Fsp3) is 0.594. The lowest BCUT2D eigenvalue weighted by molar-refractivity contribution is 0.0551. The molecule has 2 fully saturated rings. The Morgan fingerprint density at radius 2 is 1.71 bits per heavy atom. The van der Waals surface area contributed by atoms with E-state index in [2.05, 4.69) is 5.32 Å². The summed E-state index contributed by atoms with van der Waals surface area (Å²) in [6.07, 6.45) is 5.11. The van der Waals surface area contributed by atoms with Crippen molar-refractivity contribution in [1.29, 1.82) is 0 Å². The molecule has 2 atom stereocenters. The van der Waals surface area contributed by atoms with Crippen molar-refractivity contribution >= 4 is 15.9 Å². The highest BCUT2D eigenvalue weighted by molar-refractivity contribution is 7.88. The van der Waals surface area contributed by atoms with E-state index in [1.165, 1.54) is 0 Å². The second-order valence-electron chi connectivity index (χ2n) is 11.6. The summed E-state index contributed by atoms with van der Waals surface area (Å²) in [6, 6.07) is 15.2. The van der Waals surface area contributed by atoms with Gasteiger partial charge in [0.15, 0.2) is 11.5 Å². The molecule has 2 unspecified atom stereocenters. The average Bonchev–Trinajstić information content (AvgIpc) is 3.81. The van der Waals surface area contributed by atoms with Crippen molar-refractivity contribution in [1.82, 2.24) is 14.5 Å². The molecule has 1 N–H and O–H groups in total. The van der Waals surface area contributed by atoms with Crippen molar-refractivity contribution in [3.05, 3.63) is 59.7 Å². The highest BCUT2D eigenvalue weighted by Crippen LogP contribution is 2.32. The highest BCUT2D eigenvalue weighted by Gasteiger charge is 2.38. The molecule has 2 aliphatic rings. The Hall–Kier alpha value is -2.66. The molecule has 0 radical (unpaired) electrons. The predicted octanol–water partition coefficient (Wildman–Crippen LogP) is 4.47. The number of hydrogen-bond donors (Lipinski definition) is 1. The van der Waals surface area contributed by atoms with Crippen LogP contribution in [0.25, 0.3) is 0 Å². The number of amides is 1. The van der Waals surface area contributed by atoms with Gasteiger partial charge in [0.05, 0.1) is 19.5 Å². The normalized spacial score (nSPS) is 19.2. The van der Waals surface area contributed by atoms with Gasteiger partial charge in [-0.3, -0.25) is 4.79 Å². The van der Waals surface area contributed by atoms with Gasteiger partial charge in [-0.15, -0.1) is 0 Å². The van der Waals surface area contributed by atoms with Crippen molar-refractivity contribution in [3.63, 3.8) is 0 Å². The van der Waals surface area contributed by atoms with Gasteiger partial charge in [0.2, 0.25) is 10.0 Å². The van der Waals surface area contributed by atoms with Gasteiger partial charge in [0, 0.05) is 63.0 Å². The van der Waals surface area contributed by atoms with Crippen LogP contribution < -0.4 is 14.8 Å². The van der Waals surface area contributed by atoms with E-state index in [1.807, 2.05) is 49.1 Å². The lowest BCUT2D eigenvalue weighted by atomic mass is 9.95. The first-order chi connectivity index (χ1) is 20.2. The molecule has 1 aliphatic carbocycles. The maximum Gasteiger partial charge on any atom is 0.254 e. The third kappa shape index (κ3) is 8.69. The lowest BCUT2D eigenvalue weighted by Gasteiger charge is -2.40. The number of carbonyl (C=O) groups excluding carboxylic acids is 1. The van der Waals surface area contributed by atoms with E-state index in [9.17, 15) is 13.2 Å². The summed E-state index contributed by atoms with van der Waals surface area (Å²) >= 11 is 0. The maximum absolute atomic E-state index is 13.8. The van der Waals surface area contributed by atoms with E-state index in [0.717, 1.165) is 44.1 Å². The average molecular weight is 602 g/mol. The number of nitrogens with one attached hydrogen (secondary N) is 1. The Bertz CT molecular complexity index is 1240. The predicted molar refractivity (Wildman–Crippen MR) is 165 cm³/mol. The fourth-order valence-corrected chi connectivity index (χ4v) is 7.55. The second-order valence-corrected chi connectivity index (χ2v) is 13.5. The van der Waals surface area contributed by atoms with E-state index < -0.39 is 10.0 Å². The highest BCUT2D eigenvalue weighted by atomic mass is 32.2. The van der Waals surface area contributed by atoms with E-state index in [4.69, 9.17) is 14.2 Å². The Morgan fingerprint density at radius 1 is 0.976 bits per heavy atom. The summed E-state index contributed by atoms with van der Waals surface area (Å²) in [6.45, 7) is 6.34. The molecular weight excluding hydrogens is 554 g/mol. The Labute approximate surface area is 251 Å². The van der Waals surface area contributed by atoms with Crippen LogP contribution in [0, 0.1) is 0 Å². The quantitative estimate of drug-likeness (QED) is 0.284. The molecule has 42 heavy (non-hydrogen) atoms. The molecule has 4 rings (SSSR count). The minimum Gasteiger partial charge on any atom is -0.493 e. The summed E-state index contributed by atoms with van der Waals surface area (Å²) in [4.78, 5) is 15.7. The van der Waals surface area contributed by atoms with E-state index in [0.29, 0.717) is 43.4 Å². The standard InChI is InChI=1S/C32H47N3O6S/c1-24(2)35(32(36)26-11-16-30(40-4)31(21-26)41-20-8-19-39-3)29-13-12-27(33-22-29)17-18-34(28-14-15-28)42(37,38)23-25-9-6-5-7-10-25/h5-7,9-11,16,21,24,27-29,33H,8,12-15,17-20,22-23H2,1-4H3. The molecule has 0 spiro atoms. The molecular formula is C32H47N3O6S. The number of methoxy groups -OCH3 is 2. The molecule has 1 saturated heterocycles. The van der Waals surface area contributed by atoms with Crippen LogP contribution in [0.5, 0.6) is 11.5 Å². The number of hydrogen-bond acceptors (Lipinski definition) is 7. The van der Waals surface area contributed by atoms with Gasteiger partial charge >= 0.3 is 0 Å². The fourth-order valence-electron chi connectivity index (χ4n) is 5.73. The topological polar surface area (TPSA) is 97.4 Å². The first-order valence-electron chi connectivity index (χ1n) is 15.1. The molecule has 0 bridgehead atoms. The Kier molecular flexibility index (Phi) is 11.7. The van der Waals surface area contributed by atoms with Gasteiger partial charge in [0.25, 0.3) is 5.91 Å². The smallest absolute Gasteiger partial charge is 0.254 e. The first kappa shape index (κ1) is 32.3. The lowest BCUT2D eigenvalue weighted by Crippen LogP contribution is -2.54. The van der Waals surface area contributed by atoms with Gasteiger partial charge < -0.3 is 24.4 Å². The molecule has 9 nitrogen and oxygen atoms in total. The zero-order chi connectivity index (χ0) is 30.1. The monoisotopic (exact) mass is 601 g/mol. The second kappa shape index (κ2) is 15.2. The van der Waals surface area contributed by atoms with E-state index in [-0.39, 0.29) is 35.8 Å². The number of ether oxygens (including phenoxy) is 3. The van der Waals surface area contributed by atoms with Crippen LogP contribution in [0.15, 0.2) is 48.5 Å². The maximum atomic E-state index is 13.8. The third-order valence-corrected chi connectivity index (χ3v) is 9.93. The van der Waals surface area contributed by atoms with Crippen LogP contribution in [0.2, 0.25) is 0 Å². The number of rotatable bonds is 16. The minimum atomic E-state index is -3.38. The van der Waals surface area contributed by atoms with Gasteiger partial charge in [-0.2, -0.15) is 4.31 Å². The van der Waals surface area contributed by atoms with Gasteiger partial charge in [-0.05, 0) is 69.7 Å². The van der Waals surface area contributed by atoms with Crippen LogP contribution >= 0.6 is 0 Å². The SMILES string of the molecule is COCCCOc1cc(C(=O)N(C(C)C)C2CCC(CCN(C3CC3)S(=O)(=O)Cc3ccccc3)NC2)ccc1OC. The molecule has 1 aliphatic heterocycles. The van der Waals surface area contributed by atoms with Gasteiger partial charge in [-0.1, -0.05) is 30.3 Å². The summed E-state index contributed by atoms with van der Waals surface area (Å²) in [5.74, 6) is 1.15. The minimum absolute atomic E-state index is 0.0162. The molecule has 232 valence electrons. The number of sulfonamides is 1. The summed E-state index contributed by atoms with van der Waals surface area (Å²) in [5.41, 5.74) is 1.39. The first-order valence-corrected chi connectivity index (χ1v) is 16.7. The molecule has 1 saturated carbocycles. The number of benzene rings is 2. The van der Waals surface area contributed by atoms with Crippen molar-refractivity contribution in [2.75, 3.05) is 40.5 Å². The van der Waals surface area contributed by atoms with Crippen LogP contribution in [-0.2, 0) is 20.5 Å². The molecule has 2 aromatic carbocycles.